The first-order chi connectivity index (χ1) is 15.3. The Balaban J connectivity index is 1.40. The highest BCUT2D eigenvalue weighted by Gasteiger charge is 2.24. The molecule has 6 nitrogen and oxygen atoms in total. The average molecular weight is 422 g/mol. The van der Waals surface area contributed by atoms with Gasteiger partial charge in [0.1, 0.15) is 5.76 Å². The lowest BCUT2D eigenvalue weighted by atomic mass is 10.1. The topological polar surface area (TPSA) is 56.0 Å². The van der Waals surface area contributed by atoms with Crippen molar-refractivity contribution in [1.29, 1.82) is 0 Å². The van der Waals surface area contributed by atoms with Gasteiger partial charge < -0.3 is 20.0 Å². The van der Waals surface area contributed by atoms with Gasteiger partial charge >= 0.3 is 0 Å². The minimum absolute atomic E-state index is 0.227. The second kappa shape index (κ2) is 11.0. The van der Waals surface area contributed by atoms with Crippen molar-refractivity contribution in [2.45, 2.75) is 38.8 Å². The van der Waals surface area contributed by atoms with E-state index in [0.29, 0.717) is 6.54 Å². The standard InChI is InChI=1S/C25H35N5O/c1-2-26-25(27-19-21-10-8-11-22(18-21)29-13-6-7-14-29)28-20-23(24-12-9-17-31-24)30-15-4-3-5-16-30/h6-12,17-18,23H,2-5,13-16,19-20H2,1H3,(H2,26,27,28). The summed E-state index contributed by atoms with van der Waals surface area (Å²) in [5, 5.41) is 6.96. The Kier molecular flexibility index (Phi) is 7.66. The molecule has 31 heavy (non-hydrogen) atoms. The highest BCUT2D eigenvalue weighted by atomic mass is 16.3. The number of nitrogens with one attached hydrogen (secondary N) is 2. The van der Waals surface area contributed by atoms with Crippen molar-refractivity contribution < 1.29 is 4.42 Å². The summed E-state index contributed by atoms with van der Waals surface area (Å²) in [6.45, 7) is 8.59. The van der Waals surface area contributed by atoms with Gasteiger partial charge in [0, 0.05) is 31.9 Å². The summed E-state index contributed by atoms with van der Waals surface area (Å²) in [6, 6.07) is 13.0. The lowest BCUT2D eigenvalue weighted by molar-refractivity contribution is 0.146. The molecule has 3 heterocycles. The average Bonchev–Trinajstić information content (AvgIpc) is 3.53. The van der Waals surface area contributed by atoms with Crippen LogP contribution in [0.3, 0.4) is 0 Å². The Labute approximate surface area is 186 Å². The molecule has 0 spiro atoms. The number of furan rings is 1. The van der Waals surface area contributed by atoms with Crippen molar-refractivity contribution >= 4 is 11.6 Å². The third kappa shape index (κ3) is 5.91. The van der Waals surface area contributed by atoms with Gasteiger partial charge in [-0.05, 0) is 62.7 Å². The van der Waals surface area contributed by atoms with Gasteiger partial charge in [-0.2, -0.15) is 0 Å². The van der Waals surface area contributed by atoms with Crippen LogP contribution in [0.4, 0.5) is 5.69 Å². The lowest BCUT2D eigenvalue weighted by Crippen LogP contribution is -2.44. The minimum atomic E-state index is 0.227. The molecule has 0 bridgehead atoms. The number of guanidine groups is 1. The van der Waals surface area contributed by atoms with E-state index in [-0.39, 0.29) is 6.04 Å². The van der Waals surface area contributed by atoms with Crippen LogP contribution in [0.15, 0.2) is 64.2 Å². The fourth-order valence-electron chi connectivity index (χ4n) is 4.37. The maximum absolute atomic E-state index is 5.78. The summed E-state index contributed by atoms with van der Waals surface area (Å²) in [5.74, 6) is 1.88. The van der Waals surface area contributed by atoms with Crippen LogP contribution in [0, 0.1) is 0 Å². The fraction of sp³-hybridized carbons (Fsp3) is 0.480. The van der Waals surface area contributed by atoms with Gasteiger partial charge in [-0.1, -0.05) is 30.7 Å². The van der Waals surface area contributed by atoms with Crippen LogP contribution in [0.2, 0.25) is 0 Å². The predicted octanol–water partition coefficient (Wildman–Crippen LogP) is 3.94. The van der Waals surface area contributed by atoms with E-state index in [4.69, 9.17) is 9.41 Å². The van der Waals surface area contributed by atoms with E-state index in [1.54, 1.807) is 6.26 Å². The summed E-state index contributed by atoms with van der Waals surface area (Å²) in [5.41, 5.74) is 2.49. The number of likely N-dealkylation sites (tertiary alicyclic amines) is 1. The van der Waals surface area contributed by atoms with E-state index in [1.165, 1.54) is 30.5 Å². The zero-order valence-corrected chi connectivity index (χ0v) is 18.6. The molecule has 0 radical (unpaired) electrons. The van der Waals surface area contributed by atoms with Gasteiger partial charge in [0.15, 0.2) is 5.96 Å². The zero-order valence-electron chi connectivity index (χ0n) is 18.6. The molecule has 1 aromatic carbocycles. The van der Waals surface area contributed by atoms with Crippen LogP contribution in [0.1, 0.15) is 43.6 Å². The monoisotopic (exact) mass is 421 g/mol. The first kappa shape index (κ1) is 21.5. The molecule has 0 amide bonds. The van der Waals surface area contributed by atoms with Crippen LogP contribution < -0.4 is 15.5 Å². The van der Waals surface area contributed by atoms with Crippen molar-refractivity contribution in [3.05, 3.63) is 66.1 Å². The molecule has 1 fully saturated rings. The van der Waals surface area contributed by atoms with E-state index in [1.807, 2.05) is 6.07 Å². The van der Waals surface area contributed by atoms with Gasteiger partial charge in [-0.3, -0.25) is 4.90 Å². The molecule has 1 saturated heterocycles. The van der Waals surface area contributed by atoms with Crippen LogP contribution >= 0.6 is 0 Å². The van der Waals surface area contributed by atoms with Crippen LogP contribution in [-0.4, -0.2) is 50.1 Å². The number of hydrogen-bond acceptors (Lipinski definition) is 4. The van der Waals surface area contributed by atoms with Gasteiger partial charge in [0.2, 0.25) is 0 Å². The highest BCUT2D eigenvalue weighted by Crippen LogP contribution is 2.24. The Hall–Kier alpha value is -2.73. The molecule has 4 rings (SSSR count). The summed E-state index contributed by atoms with van der Waals surface area (Å²) in [7, 11) is 0. The lowest BCUT2D eigenvalue weighted by Gasteiger charge is -2.33. The van der Waals surface area contributed by atoms with E-state index < -0.39 is 0 Å². The van der Waals surface area contributed by atoms with Crippen molar-refractivity contribution in [1.82, 2.24) is 15.5 Å². The number of aliphatic imine (C=N–C) groups is 1. The molecule has 1 unspecified atom stereocenters. The Morgan fingerprint density at radius 2 is 1.90 bits per heavy atom. The quantitative estimate of drug-likeness (QED) is 0.384. The molecule has 2 N–H and O–H groups in total. The molecule has 166 valence electrons. The van der Waals surface area contributed by atoms with Crippen LogP contribution in [-0.2, 0) is 6.54 Å². The summed E-state index contributed by atoms with van der Waals surface area (Å²) >= 11 is 0. The fourth-order valence-corrected chi connectivity index (χ4v) is 4.37. The molecule has 2 aliphatic heterocycles. The van der Waals surface area contributed by atoms with Gasteiger partial charge in [0.05, 0.1) is 18.8 Å². The van der Waals surface area contributed by atoms with Crippen molar-refractivity contribution in [3.8, 4) is 0 Å². The Morgan fingerprint density at radius 1 is 1.06 bits per heavy atom. The van der Waals surface area contributed by atoms with Crippen LogP contribution in [0.5, 0.6) is 0 Å². The zero-order chi connectivity index (χ0) is 21.3. The first-order valence-electron chi connectivity index (χ1n) is 11.6. The molecule has 2 aliphatic rings. The summed E-state index contributed by atoms with van der Waals surface area (Å²) in [6.07, 6.45) is 10.0. The largest absolute Gasteiger partial charge is 0.468 e. The third-order valence-corrected chi connectivity index (χ3v) is 6.02. The molecule has 2 aromatic rings. The number of rotatable bonds is 8. The molecule has 1 aromatic heterocycles. The third-order valence-electron chi connectivity index (χ3n) is 6.02. The number of nitrogens with zero attached hydrogens (tertiary/aromatic N) is 3. The first-order valence-corrected chi connectivity index (χ1v) is 11.6. The SMILES string of the molecule is CCNC(=NCc1cccc(N2CC=CC2)c1)NCC(c1ccco1)N1CCCCC1. The normalized spacial score (nSPS) is 18.4. The summed E-state index contributed by atoms with van der Waals surface area (Å²) < 4.78 is 5.78. The molecular weight excluding hydrogens is 386 g/mol. The van der Waals surface area contributed by atoms with Gasteiger partial charge in [0.25, 0.3) is 0 Å². The van der Waals surface area contributed by atoms with Crippen LogP contribution in [0.25, 0.3) is 0 Å². The van der Waals surface area contributed by atoms with Crippen molar-refractivity contribution in [3.63, 3.8) is 0 Å². The van der Waals surface area contributed by atoms with E-state index in [0.717, 1.165) is 51.0 Å². The smallest absolute Gasteiger partial charge is 0.191 e. The summed E-state index contributed by atoms with van der Waals surface area (Å²) in [4.78, 5) is 9.76. The van der Waals surface area contributed by atoms with E-state index >= 15 is 0 Å². The predicted molar refractivity (Wildman–Crippen MR) is 127 cm³/mol. The maximum Gasteiger partial charge on any atom is 0.191 e. The van der Waals surface area contributed by atoms with E-state index in [2.05, 4.69) is 69.8 Å². The second-order valence-corrected chi connectivity index (χ2v) is 8.25. The molecule has 0 aliphatic carbocycles. The number of anilines is 1. The molecular formula is C25H35N5O. The minimum Gasteiger partial charge on any atom is -0.468 e. The van der Waals surface area contributed by atoms with Crippen molar-refractivity contribution in [2.24, 2.45) is 4.99 Å². The second-order valence-electron chi connectivity index (χ2n) is 8.25. The van der Waals surface area contributed by atoms with Crippen molar-refractivity contribution in [2.75, 3.05) is 44.2 Å². The Morgan fingerprint density at radius 3 is 2.65 bits per heavy atom. The molecule has 6 heteroatoms. The highest BCUT2D eigenvalue weighted by molar-refractivity contribution is 5.79. The number of piperidine rings is 1. The van der Waals surface area contributed by atoms with E-state index in [9.17, 15) is 0 Å². The van der Waals surface area contributed by atoms with Gasteiger partial charge in [-0.15, -0.1) is 0 Å². The Bertz CT molecular complexity index is 847. The molecule has 1 atom stereocenters. The van der Waals surface area contributed by atoms with Gasteiger partial charge in [-0.25, -0.2) is 4.99 Å². The number of benzene rings is 1. The number of hydrogen-bond donors (Lipinski definition) is 2. The maximum atomic E-state index is 5.78. The molecule has 0 saturated carbocycles.